The molecule has 1 aliphatic rings. The molecule has 1 amide bonds. The maximum atomic E-state index is 12.0. The largest absolute Gasteiger partial charge is 0.459 e. The molecule has 0 aromatic carbocycles. The second-order valence-corrected chi connectivity index (χ2v) is 5.99. The Morgan fingerprint density at radius 2 is 2.06 bits per heavy atom. The Kier molecular flexibility index (Phi) is 4.73. The van der Waals surface area contributed by atoms with Crippen molar-refractivity contribution in [3.63, 3.8) is 0 Å². The van der Waals surface area contributed by atoms with E-state index in [9.17, 15) is 9.59 Å². The maximum absolute atomic E-state index is 12.0. The number of ether oxygens (including phenoxy) is 1. The van der Waals surface area contributed by atoms with E-state index < -0.39 is 5.60 Å². The molecule has 2 atom stereocenters. The molecule has 5 heteroatoms. The number of hydrogen-bond acceptors (Lipinski definition) is 4. The van der Waals surface area contributed by atoms with Gasteiger partial charge in [0.25, 0.3) is 0 Å². The van der Waals surface area contributed by atoms with Crippen molar-refractivity contribution in [2.75, 3.05) is 13.1 Å². The number of carbonyl (C=O) groups is 2. The first-order valence-electron chi connectivity index (χ1n) is 6.47. The molecule has 1 unspecified atom stereocenters. The average Bonchev–Trinajstić information content (AvgIpc) is 2.62. The summed E-state index contributed by atoms with van der Waals surface area (Å²) in [4.78, 5) is 25.1. The van der Waals surface area contributed by atoms with Crippen LogP contribution in [-0.2, 0) is 14.3 Å². The van der Waals surface area contributed by atoms with Crippen LogP contribution in [0.5, 0.6) is 0 Å². The summed E-state index contributed by atoms with van der Waals surface area (Å²) >= 11 is 0. The highest BCUT2D eigenvalue weighted by Gasteiger charge is 2.35. The van der Waals surface area contributed by atoms with Crippen LogP contribution >= 0.6 is 0 Å². The van der Waals surface area contributed by atoms with Crippen LogP contribution in [0.25, 0.3) is 0 Å². The highest BCUT2D eigenvalue weighted by molar-refractivity contribution is 5.78. The van der Waals surface area contributed by atoms with Crippen LogP contribution in [0, 0.1) is 5.92 Å². The van der Waals surface area contributed by atoms with E-state index in [1.165, 1.54) is 0 Å². The van der Waals surface area contributed by atoms with Crippen LogP contribution in [0.1, 0.15) is 40.5 Å². The Hall–Kier alpha value is -1.10. The van der Waals surface area contributed by atoms with E-state index in [0.29, 0.717) is 6.54 Å². The quantitative estimate of drug-likeness (QED) is 0.759. The third-order valence-electron chi connectivity index (χ3n) is 3.04. The van der Waals surface area contributed by atoms with Gasteiger partial charge in [-0.15, -0.1) is 0 Å². The Bertz CT molecular complexity index is 323. The summed E-state index contributed by atoms with van der Waals surface area (Å²) in [5.41, 5.74) is 4.78. The second-order valence-electron chi connectivity index (χ2n) is 5.99. The highest BCUT2D eigenvalue weighted by atomic mass is 16.6. The summed E-state index contributed by atoms with van der Waals surface area (Å²) in [7, 11) is 0. The van der Waals surface area contributed by atoms with Crippen molar-refractivity contribution in [1.29, 1.82) is 0 Å². The summed E-state index contributed by atoms with van der Waals surface area (Å²) in [6.07, 6.45) is 1.75. The Morgan fingerprint density at radius 3 is 2.56 bits per heavy atom. The van der Waals surface area contributed by atoms with Crippen molar-refractivity contribution < 1.29 is 14.3 Å². The van der Waals surface area contributed by atoms with E-state index in [1.807, 2.05) is 25.7 Å². The fourth-order valence-electron chi connectivity index (χ4n) is 2.12. The predicted molar refractivity (Wildman–Crippen MR) is 68.8 cm³/mol. The topological polar surface area (TPSA) is 72.6 Å². The Balaban J connectivity index is 2.59. The number of primary amides is 1. The zero-order chi connectivity index (χ0) is 13.9. The van der Waals surface area contributed by atoms with Crippen molar-refractivity contribution in [2.24, 2.45) is 11.7 Å². The van der Waals surface area contributed by atoms with Gasteiger partial charge in [-0.2, -0.15) is 0 Å². The summed E-state index contributed by atoms with van der Waals surface area (Å²) in [5.74, 6) is -0.769. The van der Waals surface area contributed by atoms with Gasteiger partial charge >= 0.3 is 5.97 Å². The highest BCUT2D eigenvalue weighted by Crippen LogP contribution is 2.22. The van der Waals surface area contributed by atoms with Gasteiger partial charge in [0.05, 0.1) is 0 Å². The molecule has 18 heavy (non-hydrogen) atoms. The number of hydrogen-bond donors (Lipinski definition) is 1. The number of likely N-dealkylation sites (tertiary alicyclic amines) is 1. The fraction of sp³-hybridized carbons (Fsp3) is 0.846. The molecular formula is C13H24N2O3. The predicted octanol–water partition coefficient (Wildman–Crippen LogP) is 0.914. The molecule has 1 fully saturated rings. The van der Waals surface area contributed by atoms with Crippen molar-refractivity contribution in [3.8, 4) is 0 Å². The van der Waals surface area contributed by atoms with Gasteiger partial charge in [-0.25, -0.2) is 0 Å². The fourth-order valence-corrected chi connectivity index (χ4v) is 2.12. The van der Waals surface area contributed by atoms with Crippen molar-refractivity contribution >= 4 is 11.9 Å². The van der Waals surface area contributed by atoms with E-state index in [-0.39, 0.29) is 23.8 Å². The lowest BCUT2D eigenvalue weighted by molar-refractivity contribution is -0.160. The normalized spacial score (nSPS) is 22.8. The minimum absolute atomic E-state index is 0.198. The van der Waals surface area contributed by atoms with Crippen LogP contribution in [0.4, 0.5) is 0 Å². The second kappa shape index (κ2) is 5.69. The van der Waals surface area contributed by atoms with Crippen molar-refractivity contribution in [1.82, 2.24) is 4.90 Å². The zero-order valence-corrected chi connectivity index (χ0v) is 11.7. The lowest BCUT2D eigenvalue weighted by Gasteiger charge is -2.28. The molecule has 0 saturated carbocycles. The number of rotatable bonds is 4. The standard InChI is InChI=1S/C13H24N2O3/c1-9(11(14)16)8-15-7-5-6-10(15)12(17)18-13(2,3)4/h9-10H,5-8H2,1-4H3,(H2,14,16)/t9?,10-/m0/s1. The molecule has 0 aliphatic carbocycles. The lowest BCUT2D eigenvalue weighted by Crippen LogP contribution is -2.43. The molecule has 0 radical (unpaired) electrons. The minimum atomic E-state index is -0.472. The van der Waals surface area contributed by atoms with Crippen molar-refractivity contribution in [2.45, 2.75) is 52.2 Å². The van der Waals surface area contributed by atoms with Crippen LogP contribution < -0.4 is 5.73 Å². The third-order valence-corrected chi connectivity index (χ3v) is 3.04. The first-order valence-corrected chi connectivity index (χ1v) is 6.47. The van der Waals surface area contributed by atoms with E-state index in [0.717, 1.165) is 19.4 Å². The van der Waals surface area contributed by atoms with Gasteiger partial charge < -0.3 is 10.5 Å². The van der Waals surface area contributed by atoms with E-state index >= 15 is 0 Å². The molecule has 1 aliphatic heterocycles. The zero-order valence-electron chi connectivity index (χ0n) is 11.7. The molecule has 1 heterocycles. The molecule has 2 N–H and O–H groups in total. The van der Waals surface area contributed by atoms with Gasteiger partial charge in [0.2, 0.25) is 5.91 Å². The first kappa shape index (κ1) is 15.0. The Labute approximate surface area is 109 Å². The Morgan fingerprint density at radius 1 is 1.44 bits per heavy atom. The van der Waals surface area contributed by atoms with Gasteiger partial charge in [-0.05, 0) is 40.2 Å². The van der Waals surface area contributed by atoms with E-state index in [4.69, 9.17) is 10.5 Å². The van der Waals surface area contributed by atoms with Gasteiger partial charge in [0.1, 0.15) is 11.6 Å². The van der Waals surface area contributed by atoms with Gasteiger partial charge in [0.15, 0.2) is 0 Å². The monoisotopic (exact) mass is 256 g/mol. The molecule has 0 aromatic rings. The molecule has 0 bridgehead atoms. The lowest BCUT2D eigenvalue weighted by atomic mass is 10.1. The van der Waals surface area contributed by atoms with E-state index in [2.05, 4.69) is 0 Å². The smallest absolute Gasteiger partial charge is 0.323 e. The molecular weight excluding hydrogens is 232 g/mol. The van der Waals surface area contributed by atoms with Gasteiger partial charge in [0, 0.05) is 12.5 Å². The van der Waals surface area contributed by atoms with E-state index in [1.54, 1.807) is 6.92 Å². The first-order chi connectivity index (χ1) is 8.20. The van der Waals surface area contributed by atoms with Crippen molar-refractivity contribution in [3.05, 3.63) is 0 Å². The summed E-state index contributed by atoms with van der Waals surface area (Å²) in [6, 6.07) is -0.231. The molecule has 0 aromatic heterocycles. The number of carbonyl (C=O) groups excluding carboxylic acids is 2. The number of nitrogens with zero attached hydrogens (tertiary/aromatic N) is 1. The summed E-state index contributed by atoms with van der Waals surface area (Å²) < 4.78 is 5.40. The molecule has 0 spiro atoms. The number of amides is 1. The van der Waals surface area contributed by atoms with Crippen LogP contribution in [0.3, 0.4) is 0 Å². The average molecular weight is 256 g/mol. The number of esters is 1. The van der Waals surface area contributed by atoms with Gasteiger partial charge in [-0.1, -0.05) is 6.92 Å². The molecule has 5 nitrogen and oxygen atoms in total. The molecule has 1 saturated heterocycles. The SMILES string of the molecule is CC(CN1CCC[C@H]1C(=O)OC(C)(C)C)C(N)=O. The van der Waals surface area contributed by atoms with Crippen LogP contribution in [0.15, 0.2) is 0 Å². The van der Waals surface area contributed by atoms with Gasteiger partial charge in [-0.3, -0.25) is 14.5 Å². The van der Waals surface area contributed by atoms with Crippen LogP contribution in [-0.4, -0.2) is 41.5 Å². The number of nitrogens with two attached hydrogens (primary N) is 1. The third kappa shape index (κ3) is 4.29. The molecule has 104 valence electrons. The molecule has 1 rings (SSSR count). The summed E-state index contributed by atoms with van der Waals surface area (Å²) in [5, 5.41) is 0. The minimum Gasteiger partial charge on any atom is -0.459 e. The summed E-state index contributed by atoms with van der Waals surface area (Å²) in [6.45, 7) is 8.70. The maximum Gasteiger partial charge on any atom is 0.323 e. The van der Waals surface area contributed by atoms with Crippen LogP contribution in [0.2, 0.25) is 0 Å².